The summed E-state index contributed by atoms with van der Waals surface area (Å²) in [6.07, 6.45) is 2.06. The zero-order valence-electron chi connectivity index (χ0n) is 16.4. The third-order valence-corrected chi connectivity index (χ3v) is 6.74. The Balaban J connectivity index is 1.36. The highest BCUT2D eigenvalue weighted by Gasteiger charge is 2.19. The summed E-state index contributed by atoms with van der Waals surface area (Å²) in [5, 5.41) is 9.84. The van der Waals surface area contributed by atoms with Crippen molar-refractivity contribution in [1.29, 1.82) is 0 Å². The molecule has 31 heavy (non-hydrogen) atoms. The van der Waals surface area contributed by atoms with Crippen molar-refractivity contribution in [2.24, 2.45) is 0 Å². The van der Waals surface area contributed by atoms with Crippen molar-refractivity contribution in [3.05, 3.63) is 64.0 Å². The standard InChI is InChI=1S/C22H20ClN3O3S2/c23-18-16-8-1-2-9-17(16)31-19(18)21(28)26-22(30)25-14-6-3-5-13(11-14)20(27)24-12-15-7-4-10-29-15/h1-3,5-6,8-9,11,15H,4,7,10,12H2,(H,24,27)(H2,25,26,28,30). The monoisotopic (exact) mass is 473 g/mol. The normalized spacial score (nSPS) is 15.6. The maximum absolute atomic E-state index is 12.6. The first-order chi connectivity index (χ1) is 15.0. The lowest BCUT2D eigenvalue weighted by atomic mass is 10.1. The molecule has 0 radical (unpaired) electrons. The minimum atomic E-state index is -0.380. The number of hydrogen-bond donors (Lipinski definition) is 3. The van der Waals surface area contributed by atoms with E-state index >= 15 is 0 Å². The number of halogens is 1. The van der Waals surface area contributed by atoms with Crippen molar-refractivity contribution in [2.75, 3.05) is 18.5 Å². The second-order valence-electron chi connectivity index (χ2n) is 7.08. The zero-order valence-corrected chi connectivity index (χ0v) is 18.8. The molecule has 0 spiro atoms. The van der Waals surface area contributed by atoms with Crippen molar-refractivity contribution < 1.29 is 14.3 Å². The summed E-state index contributed by atoms with van der Waals surface area (Å²) in [4.78, 5) is 25.4. The molecule has 3 aromatic rings. The van der Waals surface area contributed by atoms with Crippen LogP contribution in [0.5, 0.6) is 0 Å². The van der Waals surface area contributed by atoms with Crippen molar-refractivity contribution in [3.8, 4) is 0 Å². The Morgan fingerprint density at radius 3 is 2.77 bits per heavy atom. The van der Waals surface area contributed by atoms with Crippen LogP contribution in [0.15, 0.2) is 48.5 Å². The minimum absolute atomic E-state index is 0.0776. The van der Waals surface area contributed by atoms with E-state index in [1.807, 2.05) is 24.3 Å². The number of carbonyl (C=O) groups excluding carboxylic acids is 2. The number of nitrogens with one attached hydrogen (secondary N) is 3. The van der Waals surface area contributed by atoms with E-state index in [1.165, 1.54) is 11.3 Å². The van der Waals surface area contributed by atoms with Crippen molar-refractivity contribution in [1.82, 2.24) is 10.6 Å². The average molecular weight is 474 g/mol. The van der Waals surface area contributed by atoms with Crippen LogP contribution in [0.4, 0.5) is 5.69 Å². The summed E-state index contributed by atoms with van der Waals surface area (Å²) >= 11 is 12.9. The molecule has 2 heterocycles. The molecule has 1 unspecified atom stereocenters. The molecule has 1 aromatic heterocycles. The number of ether oxygens (including phenoxy) is 1. The molecule has 160 valence electrons. The maximum Gasteiger partial charge on any atom is 0.269 e. The molecule has 1 saturated heterocycles. The number of thiocarbonyl (C=S) groups is 1. The number of amides is 2. The second-order valence-corrected chi connectivity index (χ2v) is 8.91. The number of thiophene rings is 1. The fraction of sp³-hybridized carbons (Fsp3) is 0.227. The highest BCUT2D eigenvalue weighted by atomic mass is 35.5. The number of anilines is 1. The summed E-state index contributed by atoms with van der Waals surface area (Å²) < 4.78 is 6.45. The summed E-state index contributed by atoms with van der Waals surface area (Å²) in [5.41, 5.74) is 1.09. The SMILES string of the molecule is O=C(NCC1CCCO1)c1cccc(NC(=S)NC(=O)c2sc3ccccc3c2Cl)c1. The Kier molecular flexibility index (Phi) is 6.82. The van der Waals surface area contributed by atoms with E-state index in [1.54, 1.807) is 24.3 Å². The molecule has 9 heteroatoms. The Bertz CT molecular complexity index is 1140. The number of benzene rings is 2. The van der Waals surface area contributed by atoms with Gasteiger partial charge in [0, 0.05) is 34.5 Å². The predicted molar refractivity (Wildman–Crippen MR) is 128 cm³/mol. The van der Waals surface area contributed by atoms with E-state index in [0.717, 1.165) is 29.5 Å². The molecule has 2 amide bonds. The van der Waals surface area contributed by atoms with Crippen molar-refractivity contribution >= 4 is 67.9 Å². The molecular weight excluding hydrogens is 454 g/mol. The van der Waals surface area contributed by atoms with E-state index in [2.05, 4.69) is 16.0 Å². The third kappa shape index (κ3) is 5.22. The van der Waals surface area contributed by atoms with Crippen LogP contribution in [0, 0.1) is 0 Å². The summed E-state index contributed by atoms with van der Waals surface area (Å²) in [6, 6.07) is 14.5. The first-order valence-corrected chi connectivity index (χ1v) is 11.4. The number of rotatable bonds is 5. The lowest BCUT2D eigenvalue weighted by Crippen LogP contribution is -2.34. The fourth-order valence-electron chi connectivity index (χ4n) is 3.33. The molecule has 1 aliphatic heterocycles. The first kappa shape index (κ1) is 21.7. The van der Waals surface area contributed by atoms with Gasteiger partial charge in [0.1, 0.15) is 4.88 Å². The van der Waals surface area contributed by atoms with E-state index in [9.17, 15) is 9.59 Å². The van der Waals surface area contributed by atoms with Gasteiger partial charge in [-0.3, -0.25) is 14.9 Å². The smallest absolute Gasteiger partial charge is 0.269 e. The van der Waals surface area contributed by atoms with Crippen molar-refractivity contribution in [2.45, 2.75) is 18.9 Å². The van der Waals surface area contributed by atoms with Crippen LogP contribution in [0.2, 0.25) is 5.02 Å². The quantitative estimate of drug-likeness (QED) is 0.472. The number of fused-ring (bicyclic) bond motifs is 1. The second kappa shape index (κ2) is 9.74. The Morgan fingerprint density at radius 1 is 1.16 bits per heavy atom. The molecule has 4 rings (SSSR count). The highest BCUT2D eigenvalue weighted by molar-refractivity contribution is 7.80. The maximum atomic E-state index is 12.6. The van der Waals surface area contributed by atoms with Crippen LogP contribution in [0.25, 0.3) is 10.1 Å². The van der Waals surface area contributed by atoms with Crippen LogP contribution < -0.4 is 16.0 Å². The average Bonchev–Trinajstić information content (AvgIpc) is 3.40. The molecule has 6 nitrogen and oxygen atoms in total. The van der Waals surface area contributed by atoms with Crippen molar-refractivity contribution in [3.63, 3.8) is 0 Å². The first-order valence-electron chi connectivity index (χ1n) is 9.80. The van der Waals surface area contributed by atoms with Gasteiger partial charge in [0.15, 0.2) is 5.11 Å². The molecule has 1 atom stereocenters. The summed E-state index contributed by atoms with van der Waals surface area (Å²) in [5.74, 6) is -0.569. The lowest BCUT2D eigenvalue weighted by molar-refractivity contribution is 0.0857. The van der Waals surface area contributed by atoms with Gasteiger partial charge in [-0.25, -0.2) is 0 Å². The van der Waals surface area contributed by atoms with E-state index in [4.69, 9.17) is 28.6 Å². The number of carbonyl (C=O) groups is 2. The molecular formula is C22H20ClN3O3S2. The summed E-state index contributed by atoms with van der Waals surface area (Å²) in [7, 11) is 0. The molecule has 3 N–H and O–H groups in total. The third-order valence-electron chi connectivity index (χ3n) is 4.87. The Labute approximate surface area is 193 Å². The van der Waals surface area contributed by atoms with Gasteiger partial charge < -0.3 is 15.4 Å². The lowest BCUT2D eigenvalue weighted by Gasteiger charge is -2.12. The van der Waals surface area contributed by atoms with Gasteiger partial charge in [0.25, 0.3) is 11.8 Å². The predicted octanol–water partition coefficient (Wildman–Crippen LogP) is 4.59. The van der Waals surface area contributed by atoms with Gasteiger partial charge in [-0.2, -0.15) is 0 Å². The Morgan fingerprint density at radius 2 is 2.00 bits per heavy atom. The highest BCUT2D eigenvalue weighted by Crippen LogP contribution is 2.35. The molecule has 2 aromatic carbocycles. The van der Waals surface area contributed by atoms with E-state index in [0.29, 0.717) is 27.7 Å². The van der Waals surface area contributed by atoms with Gasteiger partial charge >= 0.3 is 0 Å². The largest absolute Gasteiger partial charge is 0.376 e. The topological polar surface area (TPSA) is 79.5 Å². The van der Waals surface area contributed by atoms with Crippen LogP contribution in [0.3, 0.4) is 0 Å². The molecule has 1 fully saturated rings. The number of hydrogen-bond acceptors (Lipinski definition) is 5. The van der Waals surface area contributed by atoms with Crippen LogP contribution in [0.1, 0.15) is 32.9 Å². The zero-order chi connectivity index (χ0) is 21.8. The van der Waals surface area contributed by atoms with E-state index < -0.39 is 0 Å². The minimum Gasteiger partial charge on any atom is -0.376 e. The van der Waals surface area contributed by atoms with Crippen LogP contribution in [-0.2, 0) is 4.74 Å². The molecule has 0 saturated carbocycles. The van der Waals surface area contributed by atoms with Gasteiger partial charge in [0.2, 0.25) is 0 Å². The van der Waals surface area contributed by atoms with Gasteiger partial charge in [0.05, 0.1) is 11.1 Å². The van der Waals surface area contributed by atoms with Gasteiger partial charge in [-0.05, 0) is 49.3 Å². The van der Waals surface area contributed by atoms with Gasteiger partial charge in [-0.15, -0.1) is 11.3 Å². The molecule has 0 bridgehead atoms. The Hall–Kier alpha value is -2.52. The van der Waals surface area contributed by atoms with E-state index in [-0.39, 0.29) is 23.0 Å². The summed E-state index contributed by atoms with van der Waals surface area (Å²) in [6.45, 7) is 1.23. The molecule has 0 aliphatic carbocycles. The fourth-order valence-corrected chi connectivity index (χ4v) is 4.96. The van der Waals surface area contributed by atoms with Crippen LogP contribution >= 0.6 is 35.2 Å². The molecule has 1 aliphatic rings. The van der Waals surface area contributed by atoms with Gasteiger partial charge in [-0.1, -0.05) is 35.9 Å². The van der Waals surface area contributed by atoms with Crippen LogP contribution in [-0.4, -0.2) is 36.2 Å².